The standard InChI is InChI=1S/C29H24Cl2N2O4/c1-37-20-8-10-24-22(15-20)18(16-32-24)11-12-33-27(21-9-7-19(30)14-23(21)31)26(28(35)29(33)36)25(34)13-17-5-3-2-4-6-17/h2-10,14-16,27,32,35H,11-13H2,1H3/t27-/m1/s1. The van der Waals surface area contributed by atoms with Crippen LogP contribution in [0.25, 0.3) is 10.9 Å². The molecule has 4 aromatic rings. The van der Waals surface area contributed by atoms with Gasteiger partial charge in [-0.25, -0.2) is 0 Å². The number of aromatic amines is 1. The highest BCUT2D eigenvalue weighted by Gasteiger charge is 2.43. The van der Waals surface area contributed by atoms with Crippen LogP contribution >= 0.6 is 23.2 Å². The zero-order chi connectivity index (χ0) is 26.1. The number of benzene rings is 3. The number of rotatable bonds is 8. The van der Waals surface area contributed by atoms with Crippen molar-refractivity contribution in [3.63, 3.8) is 0 Å². The van der Waals surface area contributed by atoms with Gasteiger partial charge in [0.05, 0.1) is 18.7 Å². The van der Waals surface area contributed by atoms with Crippen LogP contribution in [0.15, 0.2) is 84.3 Å². The molecule has 188 valence electrons. The Balaban J connectivity index is 1.50. The summed E-state index contributed by atoms with van der Waals surface area (Å²) in [6.07, 6.45) is 2.42. The fraction of sp³-hybridized carbons (Fsp3) is 0.172. The number of nitrogens with zero attached hydrogens (tertiary/aromatic N) is 1. The Labute approximate surface area is 224 Å². The highest BCUT2D eigenvalue weighted by molar-refractivity contribution is 6.35. The summed E-state index contributed by atoms with van der Waals surface area (Å²) in [5, 5.41) is 12.6. The third kappa shape index (κ3) is 4.82. The predicted octanol–water partition coefficient (Wildman–Crippen LogP) is 6.23. The minimum Gasteiger partial charge on any atom is -0.503 e. The van der Waals surface area contributed by atoms with Crippen LogP contribution in [0.5, 0.6) is 5.75 Å². The van der Waals surface area contributed by atoms with Crippen LogP contribution in [0, 0.1) is 0 Å². The van der Waals surface area contributed by atoms with E-state index >= 15 is 0 Å². The maximum Gasteiger partial charge on any atom is 0.290 e. The summed E-state index contributed by atoms with van der Waals surface area (Å²) in [7, 11) is 1.61. The number of ether oxygens (including phenoxy) is 1. The lowest BCUT2D eigenvalue weighted by Gasteiger charge is -2.27. The van der Waals surface area contributed by atoms with Gasteiger partial charge in [0.15, 0.2) is 11.5 Å². The number of aromatic nitrogens is 1. The molecule has 0 saturated carbocycles. The van der Waals surface area contributed by atoms with Crippen molar-refractivity contribution in [3.05, 3.63) is 111 Å². The lowest BCUT2D eigenvalue weighted by atomic mass is 9.93. The zero-order valence-corrected chi connectivity index (χ0v) is 21.5. The summed E-state index contributed by atoms with van der Waals surface area (Å²) >= 11 is 12.7. The van der Waals surface area contributed by atoms with E-state index in [0.717, 1.165) is 27.8 Å². The molecule has 1 aromatic heterocycles. The molecule has 0 radical (unpaired) electrons. The monoisotopic (exact) mass is 534 g/mol. The quantitative estimate of drug-likeness (QED) is 0.280. The molecule has 0 fully saturated rings. The van der Waals surface area contributed by atoms with E-state index in [4.69, 9.17) is 27.9 Å². The average molecular weight is 535 g/mol. The van der Waals surface area contributed by atoms with E-state index in [2.05, 4.69) is 4.98 Å². The minimum atomic E-state index is -0.840. The molecule has 0 bridgehead atoms. The summed E-state index contributed by atoms with van der Waals surface area (Å²) in [4.78, 5) is 31.5. The van der Waals surface area contributed by atoms with E-state index in [0.29, 0.717) is 22.0 Å². The number of amides is 1. The third-order valence-electron chi connectivity index (χ3n) is 6.67. The summed E-state index contributed by atoms with van der Waals surface area (Å²) in [6.45, 7) is 0.249. The predicted molar refractivity (Wildman–Crippen MR) is 144 cm³/mol. The minimum absolute atomic E-state index is 0.0404. The Morgan fingerprint density at radius 2 is 1.86 bits per heavy atom. The molecular formula is C29H24Cl2N2O4. The van der Waals surface area contributed by atoms with Crippen LogP contribution in [-0.4, -0.2) is 40.3 Å². The van der Waals surface area contributed by atoms with Crippen molar-refractivity contribution in [1.29, 1.82) is 0 Å². The van der Waals surface area contributed by atoms with Crippen molar-refractivity contribution in [2.24, 2.45) is 0 Å². The molecule has 3 aromatic carbocycles. The van der Waals surface area contributed by atoms with Crippen LogP contribution < -0.4 is 4.74 Å². The first kappa shape index (κ1) is 24.9. The Morgan fingerprint density at radius 1 is 1.08 bits per heavy atom. The molecular weight excluding hydrogens is 511 g/mol. The molecule has 1 amide bonds. The average Bonchev–Trinajstić information content (AvgIpc) is 3.41. The van der Waals surface area contributed by atoms with E-state index in [9.17, 15) is 14.7 Å². The number of H-pyrrole nitrogens is 1. The van der Waals surface area contributed by atoms with Crippen molar-refractivity contribution in [3.8, 4) is 5.75 Å². The van der Waals surface area contributed by atoms with Crippen molar-refractivity contribution >= 4 is 45.8 Å². The zero-order valence-electron chi connectivity index (χ0n) is 20.0. The van der Waals surface area contributed by atoms with Crippen molar-refractivity contribution in [2.45, 2.75) is 18.9 Å². The Bertz CT molecular complexity index is 1530. The second kappa shape index (κ2) is 10.3. The van der Waals surface area contributed by atoms with Gasteiger partial charge in [0.1, 0.15) is 5.75 Å². The number of aliphatic hydroxyl groups excluding tert-OH is 1. The number of Topliss-reactive ketones (excluding diaryl/α,β-unsaturated/α-hetero) is 1. The molecule has 6 nitrogen and oxygen atoms in total. The van der Waals surface area contributed by atoms with Gasteiger partial charge in [-0.15, -0.1) is 0 Å². The van der Waals surface area contributed by atoms with Crippen molar-refractivity contribution in [1.82, 2.24) is 9.88 Å². The van der Waals surface area contributed by atoms with Gasteiger partial charge >= 0.3 is 0 Å². The van der Waals surface area contributed by atoms with Crippen molar-refractivity contribution < 1.29 is 19.4 Å². The molecule has 1 atom stereocenters. The maximum absolute atomic E-state index is 13.5. The molecule has 2 N–H and O–H groups in total. The SMILES string of the molecule is COc1ccc2[nH]cc(CCN3C(=O)C(O)=C(C(=O)Cc4ccccc4)[C@H]3c3ccc(Cl)cc3Cl)c2c1. The molecule has 2 heterocycles. The summed E-state index contributed by atoms with van der Waals surface area (Å²) in [5.74, 6) is -0.765. The van der Waals surface area contributed by atoms with E-state index < -0.39 is 17.7 Å². The highest BCUT2D eigenvalue weighted by Crippen LogP contribution is 2.42. The van der Waals surface area contributed by atoms with Crippen molar-refractivity contribution in [2.75, 3.05) is 13.7 Å². The number of hydrogen-bond donors (Lipinski definition) is 2. The van der Waals surface area contributed by atoms with E-state index in [1.165, 1.54) is 4.90 Å². The molecule has 0 aliphatic carbocycles. The maximum atomic E-state index is 13.5. The van der Waals surface area contributed by atoms with Gasteiger partial charge in [0, 0.05) is 40.1 Å². The second-order valence-electron chi connectivity index (χ2n) is 8.89. The van der Waals surface area contributed by atoms with E-state index in [1.54, 1.807) is 25.3 Å². The van der Waals surface area contributed by atoms with Gasteiger partial charge in [-0.3, -0.25) is 9.59 Å². The molecule has 0 spiro atoms. The molecule has 0 unspecified atom stereocenters. The number of fused-ring (bicyclic) bond motifs is 1. The lowest BCUT2D eigenvalue weighted by Crippen LogP contribution is -2.33. The summed E-state index contributed by atoms with van der Waals surface area (Å²) < 4.78 is 5.36. The summed E-state index contributed by atoms with van der Waals surface area (Å²) in [5.41, 5.74) is 3.28. The Kier molecular flexibility index (Phi) is 6.96. The first-order valence-electron chi connectivity index (χ1n) is 11.8. The van der Waals surface area contributed by atoms with Crippen LogP contribution in [0.1, 0.15) is 22.7 Å². The first-order chi connectivity index (χ1) is 17.9. The summed E-state index contributed by atoms with van der Waals surface area (Å²) in [6, 6.07) is 19.0. The number of nitrogens with one attached hydrogen (secondary N) is 1. The number of hydrogen-bond acceptors (Lipinski definition) is 4. The number of ketones is 1. The molecule has 37 heavy (non-hydrogen) atoms. The first-order valence-corrected chi connectivity index (χ1v) is 12.5. The molecule has 0 saturated heterocycles. The van der Waals surface area contributed by atoms with Gasteiger partial charge in [-0.2, -0.15) is 0 Å². The van der Waals surface area contributed by atoms with Gasteiger partial charge in [0.2, 0.25) is 0 Å². The molecule has 1 aliphatic heterocycles. The molecule has 5 rings (SSSR count). The van der Waals surface area contributed by atoms with Gasteiger partial charge in [-0.1, -0.05) is 59.6 Å². The normalized spacial score (nSPS) is 15.6. The topological polar surface area (TPSA) is 82.6 Å². The van der Waals surface area contributed by atoms with E-state index in [1.807, 2.05) is 54.7 Å². The number of carbonyl (C=O) groups excluding carboxylic acids is 2. The Morgan fingerprint density at radius 3 is 2.59 bits per heavy atom. The lowest BCUT2D eigenvalue weighted by molar-refractivity contribution is -0.129. The number of halogens is 2. The Hall–Kier alpha value is -3.74. The smallest absolute Gasteiger partial charge is 0.290 e. The number of methoxy groups -OCH3 is 1. The van der Waals surface area contributed by atoms with Crippen LogP contribution in [0.3, 0.4) is 0 Å². The van der Waals surface area contributed by atoms with E-state index in [-0.39, 0.29) is 24.3 Å². The van der Waals surface area contributed by atoms with Gasteiger partial charge < -0.3 is 19.7 Å². The molecule has 1 aliphatic rings. The van der Waals surface area contributed by atoms with Gasteiger partial charge in [-0.05, 0) is 53.4 Å². The van der Waals surface area contributed by atoms with Gasteiger partial charge in [0.25, 0.3) is 5.91 Å². The third-order valence-corrected chi connectivity index (χ3v) is 7.23. The number of carbonyl (C=O) groups is 2. The second-order valence-corrected chi connectivity index (χ2v) is 9.73. The van der Waals surface area contributed by atoms with Crippen LogP contribution in [0.4, 0.5) is 0 Å². The van der Waals surface area contributed by atoms with Crippen LogP contribution in [-0.2, 0) is 22.4 Å². The van der Waals surface area contributed by atoms with Crippen LogP contribution in [0.2, 0.25) is 10.0 Å². The largest absolute Gasteiger partial charge is 0.503 e. The number of aliphatic hydroxyl groups is 1. The highest BCUT2D eigenvalue weighted by atomic mass is 35.5. The fourth-order valence-corrected chi connectivity index (χ4v) is 5.34. The fourth-order valence-electron chi connectivity index (χ4n) is 4.82. The molecule has 8 heteroatoms.